The number of carbonyl (C=O) groups excluding carboxylic acids is 3. The van der Waals surface area contributed by atoms with Gasteiger partial charge >= 0.3 is 0 Å². The summed E-state index contributed by atoms with van der Waals surface area (Å²) in [6, 6.07) is 3.96. The molecule has 1 saturated carbocycles. The number of ether oxygens (including phenoxy) is 1. The van der Waals surface area contributed by atoms with Gasteiger partial charge in [-0.25, -0.2) is 0 Å². The van der Waals surface area contributed by atoms with Crippen LogP contribution in [0.25, 0.3) is 0 Å². The quantitative estimate of drug-likeness (QED) is 0.617. The molecule has 27 heavy (non-hydrogen) atoms. The Bertz CT molecular complexity index is 797. The van der Waals surface area contributed by atoms with Crippen LogP contribution in [0.3, 0.4) is 0 Å². The highest BCUT2D eigenvalue weighted by molar-refractivity contribution is 6.15. The van der Waals surface area contributed by atoms with Gasteiger partial charge in [-0.05, 0) is 44.4 Å². The summed E-state index contributed by atoms with van der Waals surface area (Å²) >= 11 is 0. The van der Waals surface area contributed by atoms with E-state index in [4.69, 9.17) is 11.2 Å². The van der Waals surface area contributed by atoms with Crippen molar-refractivity contribution in [1.82, 2.24) is 5.32 Å². The minimum Gasteiger partial charge on any atom is -0.381 e. The van der Waals surface area contributed by atoms with Crippen LogP contribution >= 0.6 is 0 Å². The highest BCUT2D eigenvalue weighted by Crippen LogP contribution is 2.37. The molecule has 1 amide bonds. The molecule has 0 aliphatic heterocycles. The maximum absolute atomic E-state index is 12.9. The zero-order valence-corrected chi connectivity index (χ0v) is 16.6. The lowest BCUT2D eigenvalue weighted by Gasteiger charge is -2.24. The highest BCUT2D eigenvalue weighted by atomic mass is 16.5. The number of Topliss-reactive ketones (excluding diaryl/α,β-unsaturated/α-hetero) is 2. The highest BCUT2D eigenvalue weighted by Gasteiger charge is 2.44. The fraction of sp³-hybridized carbons (Fsp3) is 0.500. The number of terminal acetylenes is 1. The Morgan fingerprint density at radius 2 is 1.89 bits per heavy atom. The number of carbonyl (C=O) groups is 3. The summed E-state index contributed by atoms with van der Waals surface area (Å²) in [6.07, 6.45) is 5.51. The van der Waals surface area contributed by atoms with Crippen molar-refractivity contribution in [2.75, 3.05) is 13.7 Å². The van der Waals surface area contributed by atoms with Crippen molar-refractivity contribution in [2.45, 2.75) is 52.0 Å². The van der Waals surface area contributed by atoms with Crippen LogP contribution in [-0.4, -0.2) is 36.7 Å². The maximum Gasteiger partial charge on any atom is 0.221 e. The third-order valence-electron chi connectivity index (χ3n) is 5.08. The summed E-state index contributed by atoms with van der Waals surface area (Å²) in [7, 11) is 1.50. The van der Waals surface area contributed by atoms with Crippen molar-refractivity contribution in [2.24, 2.45) is 5.92 Å². The van der Waals surface area contributed by atoms with Gasteiger partial charge in [-0.2, -0.15) is 0 Å². The van der Waals surface area contributed by atoms with Crippen LogP contribution < -0.4 is 5.32 Å². The van der Waals surface area contributed by atoms with Crippen LogP contribution in [0.4, 0.5) is 0 Å². The van der Waals surface area contributed by atoms with Crippen LogP contribution in [0, 0.1) is 39.0 Å². The summed E-state index contributed by atoms with van der Waals surface area (Å²) in [5.74, 6) is 0.454. The van der Waals surface area contributed by atoms with Gasteiger partial charge in [-0.15, -0.1) is 6.42 Å². The third kappa shape index (κ3) is 4.45. The molecule has 5 heteroatoms. The Hall–Kier alpha value is -2.45. The number of hydrogen-bond donors (Lipinski definition) is 1. The second-order valence-electron chi connectivity index (χ2n) is 7.68. The molecule has 5 nitrogen and oxygen atoms in total. The second-order valence-corrected chi connectivity index (χ2v) is 7.68. The zero-order valence-electron chi connectivity index (χ0n) is 16.6. The van der Waals surface area contributed by atoms with Crippen molar-refractivity contribution in [3.05, 3.63) is 34.4 Å². The first-order valence-corrected chi connectivity index (χ1v) is 9.03. The van der Waals surface area contributed by atoms with Crippen molar-refractivity contribution in [1.29, 1.82) is 0 Å². The molecule has 1 aliphatic carbocycles. The van der Waals surface area contributed by atoms with Gasteiger partial charge in [-0.1, -0.05) is 23.6 Å². The number of methoxy groups -OCH3 is 1. The molecule has 1 aromatic carbocycles. The van der Waals surface area contributed by atoms with Crippen LogP contribution in [0.1, 0.15) is 47.9 Å². The molecule has 3 unspecified atom stereocenters. The molecule has 0 spiro atoms. The van der Waals surface area contributed by atoms with Crippen LogP contribution in [0.2, 0.25) is 0 Å². The van der Waals surface area contributed by atoms with Crippen molar-refractivity contribution in [3.8, 4) is 12.3 Å². The number of benzene rings is 1. The number of nitrogens with one attached hydrogen (secondary N) is 1. The van der Waals surface area contributed by atoms with Crippen molar-refractivity contribution < 1.29 is 19.1 Å². The Morgan fingerprint density at radius 1 is 1.30 bits per heavy atom. The number of hydrogen-bond acceptors (Lipinski definition) is 4. The predicted octanol–water partition coefficient (Wildman–Crippen LogP) is 2.40. The summed E-state index contributed by atoms with van der Waals surface area (Å²) in [4.78, 5) is 37.9. The zero-order chi connectivity index (χ0) is 20.4. The van der Waals surface area contributed by atoms with E-state index in [1.807, 2.05) is 32.9 Å². The molecule has 0 heterocycles. The Labute approximate surface area is 160 Å². The van der Waals surface area contributed by atoms with Gasteiger partial charge in [0, 0.05) is 25.9 Å². The lowest BCUT2D eigenvalue weighted by molar-refractivity contribution is -0.129. The summed E-state index contributed by atoms with van der Waals surface area (Å²) in [6.45, 7) is 7.66. The van der Waals surface area contributed by atoms with Crippen LogP contribution in [0.15, 0.2) is 12.1 Å². The van der Waals surface area contributed by atoms with Crippen LogP contribution in [-0.2, 0) is 19.1 Å². The monoisotopic (exact) mass is 369 g/mol. The van der Waals surface area contributed by atoms with E-state index in [1.54, 1.807) is 6.92 Å². The molecule has 144 valence electrons. The first-order chi connectivity index (χ1) is 12.6. The fourth-order valence-corrected chi connectivity index (χ4v) is 3.96. The van der Waals surface area contributed by atoms with Gasteiger partial charge in [0.15, 0.2) is 5.78 Å². The summed E-state index contributed by atoms with van der Waals surface area (Å²) in [5.41, 5.74) is 2.80. The van der Waals surface area contributed by atoms with E-state index < -0.39 is 17.4 Å². The molecule has 0 saturated heterocycles. The van der Waals surface area contributed by atoms with E-state index in [9.17, 15) is 14.4 Å². The van der Waals surface area contributed by atoms with E-state index in [0.717, 1.165) is 22.3 Å². The van der Waals surface area contributed by atoms with Gasteiger partial charge in [0.05, 0.1) is 6.61 Å². The second kappa shape index (κ2) is 8.06. The minimum absolute atomic E-state index is 0.0496. The normalized spacial score (nSPS) is 21.6. The molecule has 0 aromatic heterocycles. The third-order valence-corrected chi connectivity index (χ3v) is 5.08. The van der Waals surface area contributed by atoms with Crippen LogP contribution in [0.5, 0.6) is 0 Å². The lowest BCUT2D eigenvalue weighted by atomic mass is 9.86. The molecular formula is C22H27NO4. The molecule has 1 N–H and O–H groups in total. The molecule has 1 fully saturated rings. The lowest BCUT2D eigenvalue weighted by Crippen LogP contribution is -2.48. The molecule has 3 atom stereocenters. The number of rotatable bonds is 6. The average molecular weight is 369 g/mol. The van der Waals surface area contributed by atoms with Gasteiger partial charge in [0.1, 0.15) is 17.2 Å². The average Bonchev–Trinajstić information content (AvgIpc) is 2.81. The van der Waals surface area contributed by atoms with E-state index in [0.29, 0.717) is 0 Å². The van der Waals surface area contributed by atoms with E-state index >= 15 is 0 Å². The molecular weight excluding hydrogens is 342 g/mol. The standard InChI is InChI=1S/C22H27NO4/c1-7-22(5,12-27-6)23-18(25)11-16-10-17(24)20(21(16)26)19-14(3)8-13(2)9-15(19)4/h1,8-9,16,20H,10-12H2,2-6H3,(H,23,25). The number of aryl methyl sites for hydroxylation is 3. The number of ketones is 2. The van der Waals surface area contributed by atoms with E-state index in [1.165, 1.54) is 7.11 Å². The topological polar surface area (TPSA) is 72.5 Å². The summed E-state index contributed by atoms with van der Waals surface area (Å²) in [5, 5.41) is 2.73. The molecule has 0 bridgehead atoms. The van der Waals surface area contributed by atoms with Gasteiger partial charge < -0.3 is 10.1 Å². The summed E-state index contributed by atoms with van der Waals surface area (Å²) < 4.78 is 5.04. The van der Waals surface area contributed by atoms with Crippen molar-refractivity contribution in [3.63, 3.8) is 0 Å². The fourth-order valence-electron chi connectivity index (χ4n) is 3.96. The Kier molecular flexibility index (Phi) is 6.22. The number of amides is 1. The Balaban J connectivity index is 2.17. The first kappa shape index (κ1) is 20.9. The van der Waals surface area contributed by atoms with Gasteiger partial charge in [0.2, 0.25) is 5.91 Å². The SMILES string of the molecule is C#CC(C)(COC)NC(=O)CC1CC(=O)C(c2c(C)cc(C)cc2C)C1=O. The van der Waals surface area contributed by atoms with E-state index in [-0.39, 0.29) is 36.9 Å². The maximum atomic E-state index is 12.9. The predicted molar refractivity (Wildman–Crippen MR) is 103 cm³/mol. The van der Waals surface area contributed by atoms with E-state index in [2.05, 4.69) is 11.2 Å². The molecule has 1 aromatic rings. The minimum atomic E-state index is -0.943. The molecule has 0 radical (unpaired) electrons. The smallest absolute Gasteiger partial charge is 0.221 e. The van der Waals surface area contributed by atoms with Gasteiger partial charge in [0.25, 0.3) is 0 Å². The molecule has 2 rings (SSSR count). The van der Waals surface area contributed by atoms with Gasteiger partial charge in [-0.3, -0.25) is 14.4 Å². The Morgan fingerprint density at radius 3 is 2.41 bits per heavy atom. The first-order valence-electron chi connectivity index (χ1n) is 9.03. The van der Waals surface area contributed by atoms with Crippen molar-refractivity contribution >= 4 is 17.5 Å². The largest absolute Gasteiger partial charge is 0.381 e. The molecule has 1 aliphatic rings.